The molecule has 1 aliphatic heterocycles. The molecule has 4 aromatic rings. The van der Waals surface area contributed by atoms with E-state index >= 15 is 0 Å². The minimum absolute atomic E-state index is 0.163. The number of nitrogens with zero attached hydrogens (tertiary/aromatic N) is 5. The van der Waals surface area contributed by atoms with Crippen molar-refractivity contribution in [1.29, 1.82) is 5.26 Å². The van der Waals surface area contributed by atoms with Gasteiger partial charge in [0, 0.05) is 60.7 Å². The number of nitrogens with one attached hydrogen (secondary N) is 1. The maximum atomic E-state index is 9.27. The molecule has 6 heteroatoms. The molecular formula is C24H24N6. The summed E-state index contributed by atoms with van der Waals surface area (Å²) in [4.78, 5) is 10.3. The van der Waals surface area contributed by atoms with Crippen LogP contribution in [0.2, 0.25) is 0 Å². The van der Waals surface area contributed by atoms with E-state index in [4.69, 9.17) is 0 Å². The predicted octanol–water partition coefficient (Wildman–Crippen LogP) is 4.85. The minimum atomic E-state index is 0.163. The summed E-state index contributed by atoms with van der Waals surface area (Å²) in [6.07, 6.45) is 9.72. The molecule has 150 valence electrons. The van der Waals surface area contributed by atoms with E-state index in [9.17, 15) is 5.26 Å². The molecule has 4 heterocycles. The van der Waals surface area contributed by atoms with Crippen molar-refractivity contribution in [2.75, 3.05) is 18.0 Å². The van der Waals surface area contributed by atoms with Gasteiger partial charge in [-0.2, -0.15) is 10.4 Å². The average molecular weight is 396 g/mol. The SMILES string of the molecule is CCn1cc(-c2ccc(-c3cnc4[nH]ccc4c3N3CCC(C#N)CC3)cc2)cn1. The van der Waals surface area contributed by atoms with Gasteiger partial charge in [0.25, 0.3) is 0 Å². The van der Waals surface area contributed by atoms with Gasteiger partial charge in [-0.3, -0.25) is 4.68 Å². The number of piperidine rings is 1. The van der Waals surface area contributed by atoms with Gasteiger partial charge < -0.3 is 9.88 Å². The zero-order valence-corrected chi connectivity index (χ0v) is 17.0. The average Bonchev–Trinajstić information content (AvgIpc) is 3.48. The second-order valence-corrected chi connectivity index (χ2v) is 7.81. The van der Waals surface area contributed by atoms with Crippen molar-refractivity contribution in [3.05, 3.63) is 55.1 Å². The molecule has 0 saturated carbocycles. The van der Waals surface area contributed by atoms with Crippen molar-refractivity contribution in [2.24, 2.45) is 5.92 Å². The number of pyridine rings is 1. The minimum Gasteiger partial charge on any atom is -0.370 e. The molecule has 3 aromatic heterocycles. The molecular weight excluding hydrogens is 372 g/mol. The molecule has 0 aliphatic carbocycles. The summed E-state index contributed by atoms with van der Waals surface area (Å²) in [6.45, 7) is 4.74. The quantitative estimate of drug-likeness (QED) is 0.535. The van der Waals surface area contributed by atoms with E-state index < -0.39 is 0 Å². The van der Waals surface area contributed by atoms with Crippen molar-refractivity contribution >= 4 is 16.7 Å². The van der Waals surface area contributed by atoms with Crippen LogP contribution in [0.25, 0.3) is 33.3 Å². The Morgan fingerprint density at radius 3 is 2.53 bits per heavy atom. The van der Waals surface area contributed by atoms with E-state index in [0.29, 0.717) is 0 Å². The number of aryl methyl sites for hydroxylation is 1. The number of nitriles is 1. The second kappa shape index (κ2) is 7.68. The van der Waals surface area contributed by atoms with Crippen LogP contribution in [0.5, 0.6) is 0 Å². The molecule has 0 atom stereocenters. The normalized spacial score (nSPS) is 14.9. The van der Waals surface area contributed by atoms with Crippen LogP contribution < -0.4 is 4.90 Å². The fourth-order valence-electron chi connectivity index (χ4n) is 4.31. The Morgan fingerprint density at radius 2 is 1.83 bits per heavy atom. The van der Waals surface area contributed by atoms with Crippen molar-refractivity contribution in [3.8, 4) is 28.3 Å². The largest absolute Gasteiger partial charge is 0.370 e. The Bertz CT molecular complexity index is 1200. The first-order valence-corrected chi connectivity index (χ1v) is 10.5. The van der Waals surface area contributed by atoms with Crippen LogP contribution in [-0.2, 0) is 6.54 Å². The topological polar surface area (TPSA) is 73.5 Å². The van der Waals surface area contributed by atoms with Crippen LogP contribution >= 0.6 is 0 Å². The van der Waals surface area contributed by atoms with Crippen LogP contribution in [0.4, 0.5) is 5.69 Å². The van der Waals surface area contributed by atoms with Crippen molar-refractivity contribution in [1.82, 2.24) is 19.7 Å². The highest BCUT2D eigenvalue weighted by atomic mass is 15.3. The molecule has 30 heavy (non-hydrogen) atoms. The van der Waals surface area contributed by atoms with Gasteiger partial charge in [-0.25, -0.2) is 4.98 Å². The third-order valence-corrected chi connectivity index (χ3v) is 6.04. The first-order chi connectivity index (χ1) is 14.8. The summed E-state index contributed by atoms with van der Waals surface area (Å²) < 4.78 is 1.94. The molecule has 0 spiro atoms. The Morgan fingerprint density at radius 1 is 1.07 bits per heavy atom. The van der Waals surface area contributed by atoms with Crippen molar-refractivity contribution in [3.63, 3.8) is 0 Å². The summed E-state index contributed by atoms with van der Waals surface area (Å²) in [5.41, 5.74) is 6.68. The number of H-pyrrole nitrogens is 1. The van der Waals surface area contributed by atoms with Gasteiger partial charge in [0.05, 0.1) is 18.0 Å². The van der Waals surface area contributed by atoms with Crippen LogP contribution in [-0.4, -0.2) is 32.8 Å². The smallest absolute Gasteiger partial charge is 0.139 e. The van der Waals surface area contributed by atoms with Crippen LogP contribution in [0.3, 0.4) is 0 Å². The maximum absolute atomic E-state index is 9.27. The van der Waals surface area contributed by atoms with E-state index in [0.717, 1.165) is 65.8 Å². The predicted molar refractivity (Wildman–Crippen MR) is 119 cm³/mol. The summed E-state index contributed by atoms with van der Waals surface area (Å²) in [6, 6.07) is 13.2. The summed E-state index contributed by atoms with van der Waals surface area (Å²) in [5.74, 6) is 0.163. The van der Waals surface area contributed by atoms with Crippen molar-refractivity contribution in [2.45, 2.75) is 26.3 Å². The molecule has 1 N–H and O–H groups in total. The molecule has 0 unspecified atom stereocenters. The highest BCUT2D eigenvalue weighted by Gasteiger charge is 2.23. The number of hydrogen-bond donors (Lipinski definition) is 1. The number of fused-ring (bicyclic) bond motifs is 1. The second-order valence-electron chi connectivity index (χ2n) is 7.81. The highest BCUT2D eigenvalue weighted by Crippen LogP contribution is 2.38. The Kier molecular flexibility index (Phi) is 4.72. The lowest BCUT2D eigenvalue weighted by molar-refractivity contribution is 0.488. The lowest BCUT2D eigenvalue weighted by Gasteiger charge is -2.33. The van der Waals surface area contributed by atoms with Gasteiger partial charge in [0.1, 0.15) is 5.65 Å². The highest BCUT2D eigenvalue weighted by molar-refractivity contribution is 5.99. The molecule has 1 fully saturated rings. The molecule has 0 radical (unpaired) electrons. The number of benzene rings is 1. The number of anilines is 1. The Hall–Kier alpha value is -3.59. The van der Waals surface area contributed by atoms with Gasteiger partial charge >= 0.3 is 0 Å². The van der Waals surface area contributed by atoms with Gasteiger partial charge in [-0.05, 0) is 37.0 Å². The summed E-state index contributed by atoms with van der Waals surface area (Å²) >= 11 is 0. The number of aromatic nitrogens is 4. The van der Waals surface area contributed by atoms with Gasteiger partial charge in [-0.15, -0.1) is 0 Å². The lowest BCUT2D eigenvalue weighted by atomic mass is 9.95. The fourth-order valence-corrected chi connectivity index (χ4v) is 4.31. The third kappa shape index (κ3) is 3.22. The van der Waals surface area contributed by atoms with E-state index in [2.05, 4.69) is 69.5 Å². The van der Waals surface area contributed by atoms with E-state index in [1.54, 1.807) is 0 Å². The maximum Gasteiger partial charge on any atom is 0.139 e. The monoisotopic (exact) mass is 396 g/mol. The van der Waals surface area contributed by atoms with Crippen LogP contribution in [0.15, 0.2) is 55.1 Å². The molecule has 6 nitrogen and oxygen atoms in total. The van der Waals surface area contributed by atoms with E-state index in [1.165, 1.54) is 5.69 Å². The lowest BCUT2D eigenvalue weighted by Crippen LogP contribution is -2.33. The van der Waals surface area contributed by atoms with Gasteiger partial charge in [0.2, 0.25) is 0 Å². The number of rotatable bonds is 4. The fraction of sp³-hybridized carbons (Fsp3) is 0.292. The Balaban J connectivity index is 1.53. The molecule has 0 amide bonds. The standard InChI is InChI=1S/C24H24N6/c1-2-30-16-20(14-28-30)18-3-5-19(6-4-18)22-15-27-24-21(7-10-26-24)23(22)29-11-8-17(13-25)9-12-29/h3-7,10,14-17H,2,8-9,11-12H2,1H3,(H,26,27). The van der Waals surface area contributed by atoms with E-state index in [-0.39, 0.29) is 5.92 Å². The first-order valence-electron chi connectivity index (χ1n) is 10.5. The molecule has 1 aliphatic rings. The number of aromatic amines is 1. The van der Waals surface area contributed by atoms with Gasteiger partial charge in [-0.1, -0.05) is 24.3 Å². The number of hydrogen-bond acceptors (Lipinski definition) is 4. The summed E-state index contributed by atoms with van der Waals surface area (Å²) in [5, 5.41) is 14.8. The third-order valence-electron chi connectivity index (χ3n) is 6.04. The first kappa shape index (κ1) is 18.4. The zero-order chi connectivity index (χ0) is 20.5. The van der Waals surface area contributed by atoms with E-state index in [1.807, 2.05) is 23.3 Å². The van der Waals surface area contributed by atoms with Crippen LogP contribution in [0.1, 0.15) is 19.8 Å². The molecule has 1 aromatic carbocycles. The zero-order valence-electron chi connectivity index (χ0n) is 17.0. The molecule has 0 bridgehead atoms. The Labute approximate surface area is 175 Å². The van der Waals surface area contributed by atoms with Crippen molar-refractivity contribution < 1.29 is 0 Å². The molecule has 5 rings (SSSR count). The van der Waals surface area contributed by atoms with Gasteiger partial charge in [0.15, 0.2) is 0 Å². The summed E-state index contributed by atoms with van der Waals surface area (Å²) in [7, 11) is 0. The molecule has 1 saturated heterocycles. The van der Waals surface area contributed by atoms with Crippen LogP contribution in [0, 0.1) is 17.2 Å².